The molecule has 12 nitrogen and oxygen atoms in total. The van der Waals surface area contributed by atoms with Gasteiger partial charge in [-0.2, -0.15) is 8.42 Å². The quantitative estimate of drug-likeness (QED) is 0.133. The first-order valence-electron chi connectivity index (χ1n) is 2.05. The highest BCUT2D eigenvalue weighted by Gasteiger charge is 2.00. The van der Waals surface area contributed by atoms with Crippen molar-refractivity contribution < 1.29 is 51.8 Å². The zero-order chi connectivity index (χ0) is 12.6. The molecule has 16 heteroatoms. The Kier molecular flexibility index (Phi) is 23.0. The Morgan fingerprint density at radius 3 is 1.12 bits per heavy atom. The first-order valence-corrected chi connectivity index (χ1v) is 5.01. The lowest BCUT2D eigenvalue weighted by molar-refractivity contribution is -0.742. The fourth-order valence-electron chi connectivity index (χ4n) is 0. The molecule has 0 aromatic heterocycles. The normalized spacial score (nSPS) is 8.81. The van der Waals surface area contributed by atoms with Gasteiger partial charge in [0.15, 0.2) is 0 Å². The maximum Gasteiger partial charge on any atom is 0.466 e. The fraction of sp³-hybridized carbons (Fsp3) is 0. The van der Waals surface area contributed by atoms with Gasteiger partial charge in [0.25, 0.3) is 5.09 Å². The summed E-state index contributed by atoms with van der Waals surface area (Å²) in [5.74, 6) is 0. The number of hydrogen-bond acceptors (Lipinski definition) is 5. The minimum atomic E-state index is -4.67. The van der Waals surface area contributed by atoms with Crippen LogP contribution in [0.2, 0.25) is 0 Å². The summed E-state index contributed by atoms with van der Waals surface area (Å²) in [4.78, 5) is 29.9. The van der Waals surface area contributed by atoms with Gasteiger partial charge in [-0.05, 0) is 0 Å². The summed E-state index contributed by atoms with van der Waals surface area (Å²) in [6, 6.07) is 0. The number of nitrogens with zero attached hydrogens (tertiary/aromatic N) is 1. The van der Waals surface area contributed by atoms with Crippen LogP contribution in [0.4, 0.5) is 4.70 Å². The van der Waals surface area contributed by atoms with Gasteiger partial charge in [0.05, 0.1) is 0 Å². The Balaban J connectivity index is -0.0000000358. The first kappa shape index (κ1) is 29.5. The smallest absolute Gasteiger partial charge is 0.328 e. The summed E-state index contributed by atoms with van der Waals surface area (Å²) < 4.78 is 40.5. The van der Waals surface area contributed by atoms with E-state index in [1.54, 1.807) is 0 Å². The van der Waals surface area contributed by atoms with Crippen molar-refractivity contribution in [2.45, 2.75) is 0 Å². The van der Waals surface area contributed by atoms with Crippen molar-refractivity contribution in [3.05, 3.63) is 10.1 Å². The molecular weight excluding hydrogens is 307 g/mol. The van der Waals surface area contributed by atoms with Gasteiger partial charge < -0.3 is 19.9 Å². The second-order valence-corrected chi connectivity index (χ2v) is 3.12. The molecule has 16 heavy (non-hydrogen) atoms. The molecule has 0 saturated carbocycles. The standard InChI is InChI=1S/ClH.FH.HNO3.H3O4P.H2O4S/c;;2-1(3)4;2*1-5(2,3)4/h2*1H;(H,2,3,4);(H3,1,2,3,4);(H2,1,2,3,4). The summed E-state index contributed by atoms with van der Waals surface area (Å²) >= 11 is 0. The third-order valence-electron chi connectivity index (χ3n) is 0. The van der Waals surface area contributed by atoms with Crippen LogP contribution in [0, 0.1) is 10.1 Å². The lowest BCUT2D eigenvalue weighted by atomic mass is 13.1. The Morgan fingerprint density at radius 2 is 1.12 bits per heavy atom. The Morgan fingerprint density at radius 1 is 1.12 bits per heavy atom. The van der Waals surface area contributed by atoms with Crippen LogP contribution in [0.25, 0.3) is 0 Å². The number of phosphoric acid groups is 1. The molecule has 0 aliphatic rings. The molecule has 104 valence electrons. The summed E-state index contributed by atoms with van der Waals surface area (Å²) in [6.07, 6.45) is 0. The zero-order valence-corrected chi connectivity index (χ0v) is 9.37. The van der Waals surface area contributed by atoms with E-state index in [1.807, 2.05) is 0 Å². The van der Waals surface area contributed by atoms with Crippen LogP contribution in [0.5, 0.6) is 0 Å². The molecule has 0 fully saturated rings. The van der Waals surface area contributed by atoms with Crippen molar-refractivity contribution in [3.8, 4) is 0 Å². The molecule has 0 aromatic rings. The van der Waals surface area contributed by atoms with Gasteiger partial charge in [-0.1, -0.05) is 0 Å². The molecule has 0 aliphatic heterocycles. The molecule has 0 bridgehead atoms. The molecule has 0 rings (SSSR count). The van der Waals surface area contributed by atoms with E-state index in [-0.39, 0.29) is 17.1 Å². The summed E-state index contributed by atoms with van der Waals surface area (Å²) in [5.41, 5.74) is 0. The van der Waals surface area contributed by atoms with Gasteiger partial charge in [0.1, 0.15) is 0 Å². The molecule has 0 unspecified atom stereocenters. The van der Waals surface area contributed by atoms with Gasteiger partial charge in [0, 0.05) is 0 Å². The number of hydrogen-bond donors (Lipinski definition) is 6. The average molecular weight is 316 g/mol. The van der Waals surface area contributed by atoms with Crippen LogP contribution in [0.15, 0.2) is 0 Å². The zero-order valence-electron chi connectivity index (χ0n) is 6.84. The van der Waals surface area contributed by atoms with Crippen molar-refractivity contribution in [3.63, 3.8) is 0 Å². The van der Waals surface area contributed by atoms with Crippen LogP contribution in [-0.4, -0.2) is 42.5 Å². The molecule has 0 aromatic carbocycles. The SMILES string of the molecule is Cl.F.O=P(O)(O)O.O=S(=O)(O)O.O=[N+]([O-])O. The fourth-order valence-corrected chi connectivity index (χ4v) is 0. The van der Waals surface area contributed by atoms with E-state index >= 15 is 0 Å². The molecule has 0 amide bonds. The third-order valence-corrected chi connectivity index (χ3v) is 0. The highest BCUT2D eigenvalue weighted by Crippen LogP contribution is 2.25. The van der Waals surface area contributed by atoms with Crippen LogP contribution in [0.1, 0.15) is 0 Å². The average Bonchev–Trinajstić information content (AvgIpc) is 1.45. The largest absolute Gasteiger partial charge is 0.466 e. The van der Waals surface area contributed by atoms with Gasteiger partial charge in [0.2, 0.25) is 0 Å². The van der Waals surface area contributed by atoms with Gasteiger partial charge in [-0.15, -0.1) is 22.5 Å². The minimum Gasteiger partial charge on any atom is -0.328 e. The van der Waals surface area contributed by atoms with Crippen LogP contribution in [0.3, 0.4) is 0 Å². The van der Waals surface area contributed by atoms with Gasteiger partial charge in [-0.25, -0.2) is 4.57 Å². The Labute approximate surface area is 93.2 Å². The molecular formula is H8ClFNO11PS. The lowest BCUT2D eigenvalue weighted by Gasteiger charge is -1.82. The lowest BCUT2D eigenvalue weighted by Crippen LogP contribution is -1.89. The van der Waals surface area contributed by atoms with Crippen molar-refractivity contribution in [2.24, 2.45) is 0 Å². The van der Waals surface area contributed by atoms with Crippen molar-refractivity contribution in [1.29, 1.82) is 0 Å². The molecule has 0 spiro atoms. The number of rotatable bonds is 0. The topological polar surface area (TPSA) is 216 Å². The monoisotopic (exact) mass is 315 g/mol. The third kappa shape index (κ3) is 5720. The molecule has 0 heterocycles. The van der Waals surface area contributed by atoms with Crippen molar-refractivity contribution in [1.82, 2.24) is 0 Å². The maximum absolute atomic E-state index is 8.88. The first-order chi connectivity index (χ1) is 5.73. The van der Waals surface area contributed by atoms with E-state index in [1.165, 1.54) is 0 Å². The predicted octanol–water partition coefficient (Wildman–Crippen LogP) is -1.35. The molecule has 6 N–H and O–H groups in total. The molecule has 0 atom stereocenters. The summed E-state index contributed by atoms with van der Waals surface area (Å²) in [7, 11) is -9.31. The molecule has 0 aliphatic carbocycles. The van der Waals surface area contributed by atoms with E-state index in [9.17, 15) is 0 Å². The summed E-state index contributed by atoms with van der Waals surface area (Å²) in [5, 5.41) is 13.6. The second kappa shape index (κ2) is 12.5. The highest BCUT2D eigenvalue weighted by molar-refractivity contribution is 7.79. The van der Waals surface area contributed by atoms with E-state index in [0.717, 1.165) is 0 Å². The summed E-state index contributed by atoms with van der Waals surface area (Å²) in [6.45, 7) is 0. The van der Waals surface area contributed by atoms with Crippen LogP contribution >= 0.6 is 20.2 Å². The van der Waals surface area contributed by atoms with E-state index in [4.69, 9.17) is 52.1 Å². The van der Waals surface area contributed by atoms with Gasteiger partial charge in [-0.3, -0.25) is 13.8 Å². The van der Waals surface area contributed by atoms with E-state index < -0.39 is 23.3 Å². The maximum atomic E-state index is 8.88. The Hall–Kier alpha value is -0.600. The predicted molar refractivity (Wildman–Crippen MR) is 47.0 cm³/mol. The van der Waals surface area contributed by atoms with Crippen LogP contribution < -0.4 is 0 Å². The Bertz CT molecular complexity index is 271. The van der Waals surface area contributed by atoms with E-state index in [0.29, 0.717) is 0 Å². The molecule has 0 radical (unpaired) electrons. The highest BCUT2D eigenvalue weighted by atomic mass is 35.5. The molecule has 0 saturated heterocycles. The van der Waals surface area contributed by atoms with E-state index in [2.05, 4.69) is 0 Å². The van der Waals surface area contributed by atoms with Gasteiger partial charge >= 0.3 is 18.2 Å². The second-order valence-electron chi connectivity index (χ2n) is 1.20. The van der Waals surface area contributed by atoms with Crippen LogP contribution in [-0.2, 0) is 15.0 Å². The van der Waals surface area contributed by atoms with Crippen molar-refractivity contribution in [2.75, 3.05) is 0 Å². The number of halogens is 2. The van der Waals surface area contributed by atoms with Crippen molar-refractivity contribution >= 4 is 30.6 Å². The minimum absolute atomic E-state index is 0.